The van der Waals surface area contributed by atoms with Crippen LogP contribution < -0.4 is 5.32 Å². The lowest BCUT2D eigenvalue weighted by Crippen LogP contribution is -2.20. The molecule has 0 saturated carbocycles. The Kier molecular flexibility index (Phi) is 2.29. The monoisotopic (exact) mass is 205 g/mol. The first-order chi connectivity index (χ1) is 7.43. The highest BCUT2D eigenvalue weighted by atomic mass is 16.5. The van der Waals surface area contributed by atoms with E-state index < -0.39 is 0 Å². The maximum atomic E-state index is 5.34. The number of fused-ring (bicyclic) bond motifs is 1. The van der Waals surface area contributed by atoms with Gasteiger partial charge in [-0.2, -0.15) is 0 Å². The Morgan fingerprint density at radius 2 is 2.33 bits per heavy atom. The molecule has 4 nitrogen and oxygen atoms in total. The number of hydrogen-bond donors (Lipinski definition) is 1. The molecule has 1 aromatic heterocycles. The molecule has 1 aliphatic heterocycles. The summed E-state index contributed by atoms with van der Waals surface area (Å²) in [6, 6.07) is 0.435. The largest absolute Gasteiger partial charge is 0.379 e. The fraction of sp³-hybridized carbons (Fsp3) is 0.636. The molecule has 3 rings (SSSR count). The van der Waals surface area contributed by atoms with Gasteiger partial charge >= 0.3 is 0 Å². The molecule has 1 saturated heterocycles. The predicted octanol–water partition coefficient (Wildman–Crippen LogP) is 1.17. The molecular formula is C11H15N3O. The van der Waals surface area contributed by atoms with Crippen molar-refractivity contribution in [2.75, 3.05) is 18.5 Å². The van der Waals surface area contributed by atoms with Crippen LogP contribution >= 0.6 is 0 Å². The molecule has 1 fully saturated rings. The second-order valence-corrected chi connectivity index (χ2v) is 4.21. The van der Waals surface area contributed by atoms with Crippen molar-refractivity contribution in [3.8, 4) is 0 Å². The standard InChI is InChI=1S/C11H15N3O/c1-2-9-10(3-1)12-7-13-11(9)14-8-4-5-15-6-8/h7-8H,1-6H2,(H,12,13,14). The molecule has 1 aromatic rings. The Morgan fingerprint density at radius 3 is 3.20 bits per heavy atom. The van der Waals surface area contributed by atoms with E-state index in [9.17, 15) is 0 Å². The van der Waals surface area contributed by atoms with Crippen LogP contribution in [0.25, 0.3) is 0 Å². The molecule has 15 heavy (non-hydrogen) atoms. The van der Waals surface area contributed by atoms with Gasteiger partial charge in [0.15, 0.2) is 0 Å². The number of nitrogens with one attached hydrogen (secondary N) is 1. The highest BCUT2D eigenvalue weighted by Crippen LogP contribution is 2.26. The smallest absolute Gasteiger partial charge is 0.133 e. The number of nitrogens with zero attached hydrogens (tertiary/aromatic N) is 2. The number of anilines is 1. The first kappa shape index (κ1) is 9.09. The Labute approximate surface area is 89.1 Å². The van der Waals surface area contributed by atoms with Gasteiger partial charge in [-0.05, 0) is 25.7 Å². The van der Waals surface area contributed by atoms with Crippen LogP contribution in [0.5, 0.6) is 0 Å². The van der Waals surface area contributed by atoms with Gasteiger partial charge in [0.1, 0.15) is 12.1 Å². The number of aryl methyl sites for hydroxylation is 1. The highest BCUT2D eigenvalue weighted by molar-refractivity contribution is 5.48. The van der Waals surface area contributed by atoms with E-state index in [0.29, 0.717) is 6.04 Å². The van der Waals surface area contributed by atoms with Crippen LogP contribution in [0.15, 0.2) is 6.33 Å². The van der Waals surface area contributed by atoms with E-state index in [1.165, 1.54) is 17.7 Å². The van der Waals surface area contributed by atoms with E-state index in [-0.39, 0.29) is 0 Å². The molecule has 2 heterocycles. The van der Waals surface area contributed by atoms with Gasteiger partial charge in [0, 0.05) is 17.9 Å². The summed E-state index contributed by atoms with van der Waals surface area (Å²) in [7, 11) is 0. The minimum Gasteiger partial charge on any atom is -0.379 e. The van der Waals surface area contributed by atoms with Crippen LogP contribution in [0.3, 0.4) is 0 Å². The molecule has 0 bridgehead atoms. The number of ether oxygens (including phenoxy) is 1. The van der Waals surface area contributed by atoms with E-state index in [4.69, 9.17) is 4.74 Å². The minimum absolute atomic E-state index is 0.435. The molecule has 0 amide bonds. The van der Waals surface area contributed by atoms with Crippen molar-refractivity contribution in [3.05, 3.63) is 17.6 Å². The second-order valence-electron chi connectivity index (χ2n) is 4.21. The molecule has 1 atom stereocenters. The Bertz CT molecular complexity index is 361. The molecular weight excluding hydrogens is 190 g/mol. The van der Waals surface area contributed by atoms with Crippen LogP contribution in [0, 0.1) is 0 Å². The number of hydrogen-bond acceptors (Lipinski definition) is 4. The summed E-state index contributed by atoms with van der Waals surface area (Å²) in [6.45, 7) is 1.67. The minimum atomic E-state index is 0.435. The van der Waals surface area contributed by atoms with Crippen LogP contribution in [0.4, 0.5) is 5.82 Å². The first-order valence-electron chi connectivity index (χ1n) is 5.60. The van der Waals surface area contributed by atoms with E-state index in [2.05, 4.69) is 15.3 Å². The Morgan fingerprint density at radius 1 is 1.33 bits per heavy atom. The van der Waals surface area contributed by atoms with Crippen molar-refractivity contribution in [2.24, 2.45) is 0 Å². The fourth-order valence-electron chi connectivity index (χ4n) is 2.33. The van der Waals surface area contributed by atoms with Crippen molar-refractivity contribution >= 4 is 5.82 Å². The third kappa shape index (κ3) is 1.69. The zero-order chi connectivity index (χ0) is 10.1. The maximum Gasteiger partial charge on any atom is 0.133 e. The molecule has 1 aliphatic carbocycles. The van der Waals surface area contributed by atoms with Gasteiger partial charge in [-0.15, -0.1) is 0 Å². The fourth-order valence-corrected chi connectivity index (χ4v) is 2.33. The van der Waals surface area contributed by atoms with Gasteiger partial charge in [-0.3, -0.25) is 0 Å². The lowest BCUT2D eigenvalue weighted by Gasteiger charge is -2.13. The highest BCUT2D eigenvalue weighted by Gasteiger charge is 2.21. The summed E-state index contributed by atoms with van der Waals surface area (Å²) in [5.41, 5.74) is 2.55. The SMILES string of the molecule is c1nc2c(c(NC3CCOC3)n1)CCC2. The van der Waals surface area contributed by atoms with E-state index in [0.717, 1.165) is 38.3 Å². The van der Waals surface area contributed by atoms with Gasteiger partial charge in [-0.1, -0.05) is 0 Å². The van der Waals surface area contributed by atoms with Crippen molar-refractivity contribution in [3.63, 3.8) is 0 Å². The van der Waals surface area contributed by atoms with Crippen LogP contribution in [-0.4, -0.2) is 29.2 Å². The number of rotatable bonds is 2. The van der Waals surface area contributed by atoms with Gasteiger partial charge in [0.05, 0.1) is 12.6 Å². The lowest BCUT2D eigenvalue weighted by atomic mass is 10.2. The summed E-state index contributed by atoms with van der Waals surface area (Å²) >= 11 is 0. The average molecular weight is 205 g/mol. The summed E-state index contributed by atoms with van der Waals surface area (Å²) < 4.78 is 5.34. The predicted molar refractivity (Wildman–Crippen MR) is 56.9 cm³/mol. The molecule has 1 N–H and O–H groups in total. The topological polar surface area (TPSA) is 47.0 Å². The van der Waals surface area contributed by atoms with Crippen LogP contribution in [0.1, 0.15) is 24.1 Å². The van der Waals surface area contributed by atoms with Crippen LogP contribution in [-0.2, 0) is 17.6 Å². The van der Waals surface area contributed by atoms with Gasteiger partial charge < -0.3 is 10.1 Å². The lowest BCUT2D eigenvalue weighted by molar-refractivity contribution is 0.195. The Hall–Kier alpha value is -1.16. The Balaban J connectivity index is 1.82. The zero-order valence-corrected chi connectivity index (χ0v) is 8.70. The van der Waals surface area contributed by atoms with E-state index in [1.807, 2.05) is 0 Å². The van der Waals surface area contributed by atoms with Gasteiger partial charge in [0.25, 0.3) is 0 Å². The molecule has 0 spiro atoms. The zero-order valence-electron chi connectivity index (χ0n) is 8.70. The molecule has 1 unspecified atom stereocenters. The van der Waals surface area contributed by atoms with Gasteiger partial charge in [0.2, 0.25) is 0 Å². The number of aromatic nitrogens is 2. The normalized spacial score (nSPS) is 24.1. The molecule has 0 aromatic carbocycles. The second kappa shape index (κ2) is 3.77. The van der Waals surface area contributed by atoms with E-state index >= 15 is 0 Å². The third-order valence-electron chi connectivity index (χ3n) is 3.15. The van der Waals surface area contributed by atoms with Crippen molar-refractivity contribution in [1.82, 2.24) is 9.97 Å². The summed E-state index contributed by atoms with van der Waals surface area (Å²) in [5.74, 6) is 1.04. The molecule has 2 aliphatic rings. The van der Waals surface area contributed by atoms with Gasteiger partial charge in [-0.25, -0.2) is 9.97 Å². The molecule has 80 valence electrons. The molecule has 0 radical (unpaired) electrons. The summed E-state index contributed by atoms with van der Waals surface area (Å²) in [6.07, 6.45) is 6.19. The molecule has 4 heteroatoms. The third-order valence-corrected chi connectivity index (χ3v) is 3.15. The van der Waals surface area contributed by atoms with Crippen LogP contribution in [0.2, 0.25) is 0 Å². The van der Waals surface area contributed by atoms with Crippen molar-refractivity contribution in [1.29, 1.82) is 0 Å². The first-order valence-corrected chi connectivity index (χ1v) is 5.60. The van der Waals surface area contributed by atoms with Crippen molar-refractivity contribution in [2.45, 2.75) is 31.7 Å². The summed E-state index contributed by atoms with van der Waals surface area (Å²) in [5, 5.41) is 3.47. The van der Waals surface area contributed by atoms with Crippen molar-refractivity contribution < 1.29 is 4.74 Å². The van der Waals surface area contributed by atoms with E-state index in [1.54, 1.807) is 6.33 Å². The summed E-state index contributed by atoms with van der Waals surface area (Å²) in [4.78, 5) is 8.65. The maximum absolute atomic E-state index is 5.34. The average Bonchev–Trinajstić information content (AvgIpc) is 2.87. The quantitative estimate of drug-likeness (QED) is 0.787.